The fraction of sp³-hybridized carbons (Fsp3) is 0.417. The highest BCUT2D eigenvalue weighted by Gasteiger charge is 2.24. The molecule has 0 aliphatic carbocycles. The Morgan fingerprint density at radius 3 is 2.80 bits per heavy atom. The minimum absolute atomic E-state index is 0.0739. The molecule has 3 heteroatoms. The lowest BCUT2D eigenvalue weighted by Crippen LogP contribution is -2.25. The van der Waals surface area contributed by atoms with Crippen molar-refractivity contribution in [1.82, 2.24) is 0 Å². The van der Waals surface area contributed by atoms with E-state index in [1.54, 1.807) is 0 Å². The molecule has 0 bridgehead atoms. The lowest BCUT2D eigenvalue weighted by Gasteiger charge is -2.25. The standard InChI is InChI=1S/C12H15NO2/c1-7-4-8(2)12-10(5-7)11(13-14)6-9(3)15-12/h4-5,9,14H,6H2,1-3H3. The first-order valence-corrected chi connectivity index (χ1v) is 5.11. The van der Waals surface area contributed by atoms with Crippen molar-refractivity contribution in [1.29, 1.82) is 0 Å². The molecule has 80 valence electrons. The van der Waals surface area contributed by atoms with E-state index in [0.29, 0.717) is 6.42 Å². The zero-order chi connectivity index (χ0) is 11.0. The molecular formula is C12H15NO2. The van der Waals surface area contributed by atoms with E-state index in [-0.39, 0.29) is 6.10 Å². The van der Waals surface area contributed by atoms with Crippen LogP contribution >= 0.6 is 0 Å². The average molecular weight is 205 g/mol. The molecule has 1 heterocycles. The predicted octanol–water partition coefficient (Wildman–Crippen LogP) is 2.65. The van der Waals surface area contributed by atoms with Crippen LogP contribution in [0.5, 0.6) is 5.75 Å². The smallest absolute Gasteiger partial charge is 0.131 e. The normalized spacial score (nSPS) is 22.3. The maximum atomic E-state index is 8.97. The number of aryl methyl sites for hydroxylation is 2. The van der Waals surface area contributed by atoms with Crippen LogP contribution in [-0.4, -0.2) is 17.0 Å². The van der Waals surface area contributed by atoms with E-state index in [1.807, 2.05) is 26.8 Å². The third-order valence-electron chi connectivity index (χ3n) is 2.65. The van der Waals surface area contributed by atoms with Crippen molar-refractivity contribution in [2.45, 2.75) is 33.3 Å². The lowest BCUT2D eigenvalue weighted by molar-refractivity contribution is 0.216. The summed E-state index contributed by atoms with van der Waals surface area (Å²) in [5, 5.41) is 12.3. The van der Waals surface area contributed by atoms with Gasteiger partial charge >= 0.3 is 0 Å². The second-order valence-electron chi connectivity index (χ2n) is 4.14. The molecule has 1 atom stereocenters. The fourth-order valence-electron chi connectivity index (χ4n) is 2.04. The summed E-state index contributed by atoms with van der Waals surface area (Å²) < 4.78 is 5.76. The highest BCUT2D eigenvalue weighted by Crippen LogP contribution is 2.32. The van der Waals surface area contributed by atoms with Crippen LogP contribution in [0.4, 0.5) is 0 Å². The molecule has 0 spiro atoms. The maximum Gasteiger partial charge on any atom is 0.131 e. The summed E-state index contributed by atoms with van der Waals surface area (Å²) >= 11 is 0. The Morgan fingerprint density at radius 1 is 1.40 bits per heavy atom. The van der Waals surface area contributed by atoms with Gasteiger partial charge in [0.05, 0.1) is 5.71 Å². The molecule has 3 nitrogen and oxygen atoms in total. The summed E-state index contributed by atoms with van der Waals surface area (Å²) in [7, 11) is 0. The third-order valence-corrected chi connectivity index (χ3v) is 2.65. The molecule has 0 fully saturated rings. The average Bonchev–Trinajstić information content (AvgIpc) is 2.18. The molecule has 1 aliphatic heterocycles. The Morgan fingerprint density at radius 2 is 2.13 bits per heavy atom. The summed E-state index contributed by atoms with van der Waals surface area (Å²) in [5.74, 6) is 0.854. The van der Waals surface area contributed by atoms with Crippen molar-refractivity contribution < 1.29 is 9.94 Å². The van der Waals surface area contributed by atoms with E-state index < -0.39 is 0 Å². The summed E-state index contributed by atoms with van der Waals surface area (Å²) in [6.07, 6.45) is 0.733. The zero-order valence-corrected chi connectivity index (χ0v) is 9.24. The van der Waals surface area contributed by atoms with E-state index in [4.69, 9.17) is 9.94 Å². The first kappa shape index (κ1) is 10.0. The van der Waals surface area contributed by atoms with Crippen molar-refractivity contribution in [3.05, 3.63) is 28.8 Å². The largest absolute Gasteiger partial charge is 0.489 e. The van der Waals surface area contributed by atoms with Crippen LogP contribution < -0.4 is 4.74 Å². The molecule has 0 amide bonds. The van der Waals surface area contributed by atoms with Crippen LogP contribution in [0.15, 0.2) is 17.3 Å². The van der Waals surface area contributed by atoms with Crippen LogP contribution in [-0.2, 0) is 0 Å². The van der Waals surface area contributed by atoms with Crippen LogP contribution in [0.2, 0.25) is 0 Å². The van der Waals surface area contributed by atoms with E-state index in [0.717, 1.165) is 28.2 Å². The maximum absolute atomic E-state index is 8.97. The van der Waals surface area contributed by atoms with Gasteiger partial charge in [0, 0.05) is 12.0 Å². The van der Waals surface area contributed by atoms with Crippen molar-refractivity contribution in [3.63, 3.8) is 0 Å². The minimum Gasteiger partial charge on any atom is -0.489 e. The number of fused-ring (bicyclic) bond motifs is 1. The molecule has 0 aromatic heterocycles. The zero-order valence-electron chi connectivity index (χ0n) is 9.24. The molecule has 2 rings (SSSR count). The van der Waals surface area contributed by atoms with Crippen LogP contribution in [0, 0.1) is 13.8 Å². The first-order valence-electron chi connectivity index (χ1n) is 5.11. The quantitative estimate of drug-likeness (QED) is 0.522. The second-order valence-corrected chi connectivity index (χ2v) is 4.14. The fourth-order valence-corrected chi connectivity index (χ4v) is 2.04. The number of benzene rings is 1. The van der Waals surface area contributed by atoms with Gasteiger partial charge in [0.15, 0.2) is 0 Å². The van der Waals surface area contributed by atoms with Crippen LogP contribution in [0.1, 0.15) is 30.0 Å². The molecule has 0 saturated heterocycles. The molecular weight excluding hydrogens is 190 g/mol. The van der Waals surface area contributed by atoms with Crippen LogP contribution in [0.3, 0.4) is 0 Å². The summed E-state index contributed by atoms with van der Waals surface area (Å²) in [6, 6.07) is 4.08. The predicted molar refractivity (Wildman–Crippen MR) is 58.9 cm³/mol. The van der Waals surface area contributed by atoms with Crippen molar-refractivity contribution in [2.24, 2.45) is 5.16 Å². The van der Waals surface area contributed by atoms with E-state index >= 15 is 0 Å². The van der Waals surface area contributed by atoms with Gasteiger partial charge in [-0.05, 0) is 38.0 Å². The van der Waals surface area contributed by atoms with Gasteiger partial charge in [-0.25, -0.2) is 0 Å². The number of hydrogen-bond acceptors (Lipinski definition) is 3. The number of rotatable bonds is 0. The second kappa shape index (κ2) is 3.57. The first-order chi connectivity index (χ1) is 7.11. The van der Waals surface area contributed by atoms with Gasteiger partial charge in [0.25, 0.3) is 0 Å². The lowest BCUT2D eigenvalue weighted by atomic mass is 9.96. The van der Waals surface area contributed by atoms with Gasteiger partial charge in [-0.1, -0.05) is 11.2 Å². The minimum atomic E-state index is 0.0739. The topological polar surface area (TPSA) is 41.8 Å². The number of nitrogens with zero attached hydrogens (tertiary/aromatic N) is 1. The highest BCUT2D eigenvalue weighted by molar-refractivity contribution is 6.04. The molecule has 0 saturated carbocycles. The summed E-state index contributed by atoms with van der Waals surface area (Å²) in [6.45, 7) is 6.02. The molecule has 15 heavy (non-hydrogen) atoms. The van der Waals surface area contributed by atoms with Gasteiger partial charge in [0.1, 0.15) is 11.9 Å². The molecule has 1 aliphatic rings. The Bertz CT molecular complexity index is 424. The highest BCUT2D eigenvalue weighted by atomic mass is 16.5. The third kappa shape index (κ3) is 1.69. The van der Waals surface area contributed by atoms with E-state index in [2.05, 4.69) is 11.2 Å². The Balaban J connectivity index is 2.61. The monoisotopic (exact) mass is 205 g/mol. The van der Waals surface area contributed by atoms with Gasteiger partial charge in [-0.3, -0.25) is 0 Å². The molecule has 0 radical (unpaired) electrons. The van der Waals surface area contributed by atoms with Gasteiger partial charge in [-0.15, -0.1) is 0 Å². The summed E-state index contributed by atoms with van der Waals surface area (Å²) in [5.41, 5.74) is 3.90. The van der Waals surface area contributed by atoms with Crippen molar-refractivity contribution >= 4 is 5.71 Å². The SMILES string of the molecule is Cc1cc(C)c2c(c1)C(=NO)CC(C)O2. The number of ether oxygens (including phenoxy) is 1. The van der Waals surface area contributed by atoms with Crippen LogP contribution in [0.25, 0.3) is 0 Å². The van der Waals surface area contributed by atoms with Gasteiger partial charge < -0.3 is 9.94 Å². The van der Waals surface area contributed by atoms with Crippen molar-refractivity contribution in [2.75, 3.05) is 0 Å². The van der Waals surface area contributed by atoms with Crippen molar-refractivity contribution in [3.8, 4) is 5.75 Å². The molecule has 1 unspecified atom stereocenters. The molecule has 1 aromatic rings. The number of hydrogen-bond donors (Lipinski definition) is 1. The van der Waals surface area contributed by atoms with E-state index in [9.17, 15) is 0 Å². The van der Waals surface area contributed by atoms with E-state index in [1.165, 1.54) is 0 Å². The van der Waals surface area contributed by atoms with Gasteiger partial charge in [0.2, 0.25) is 0 Å². The van der Waals surface area contributed by atoms with Gasteiger partial charge in [-0.2, -0.15) is 0 Å². The summed E-state index contributed by atoms with van der Waals surface area (Å²) in [4.78, 5) is 0. The molecule has 1 N–H and O–H groups in total. The number of oxime groups is 1. The Kier molecular flexibility index (Phi) is 2.39. The Labute approximate surface area is 89.4 Å². The Hall–Kier alpha value is -1.51. The molecule has 1 aromatic carbocycles.